The van der Waals surface area contributed by atoms with Gasteiger partial charge in [0.2, 0.25) is 5.95 Å². The minimum absolute atomic E-state index is 0.00700. The van der Waals surface area contributed by atoms with E-state index in [-0.39, 0.29) is 17.3 Å². The maximum absolute atomic E-state index is 11.8. The van der Waals surface area contributed by atoms with Crippen molar-refractivity contribution in [3.63, 3.8) is 0 Å². The summed E-state index contributed by atoms with van der Waals surface area (Å²) in [4.78, 5) is 32.7. The number of aromatic amines is 1. The van der Waals surface area contributed by atoms with Gasteiger partial charge >= 0.3 is 5.97 Å². The van der Waals surface area contributed by atoms with Crippen LogP contribution in [0.4, 0.5) is 5.95 Å². The van der Waals surface area contributed by atoms with Gasteiger partial charge in [-0.2, -0.15) is 5.10 Å². The third kappa shape index (κ3) is 2.54. The third-order valence-corrected chi connectivity index (χ3v) is 2.39. The standard InChI is InChI=1S/C10H10N6O3/c1-4-5(2)15-16-10(13-4)14-8(17)6-7(9(18)19)12-3-11-6/h3H,1-2H3,(H,11,12)(H,18,19)(H,13,14,16,17). The van der Waals surface area contributed by atoms with Crippen molar-refractivity contribution in [2.24, 2.45) is 0 Å². The number of aromatic nitrogens is 5. The molecule has 2 heterocycles. The first-order chi connectivity index (χ1) is 8.99. The number of hydrogen-bond acceptors (Lipinski definition) is 6. The maximum Gasteiger partial charge on any atom is 0.354 e. The summed E-state index contributed by atoms with van der Waals surface area (Å²) in [6.07, 6.45) is 1.12. The van der Waals surface area contributed by atoms with Gasteiger partial charge in [-0.25, -0.2) is 14.8 Å². The fourth-order valence-corrected chi connectivity index (χ4v) is 1.30. The van der Waals surface area contributed by atoms with E-state index in [9.17, 15) is 9.59 Å². The zero-order valence-corrected chi connectivity index (χ0v) is 10.1. The lowest BCUT2D eigenvalue weighted by atomic mass is 10.3. The highest BCUT2D eigenvalue weighted by Gasteiger charge is 2.20. The van der Waals surface area contributed by atoms with Crippen LogP contribution in [0.2, 0.25) is 0 Å². The minimum Gasteiger partial charge on any atom is -0.477 e. The number of aromatic carboxylic acids is 1. The van der Waals surface area contributed by atoms with Crippen LogP contribution in [0.15, 0.2) is 6.33 Å². The van der Waals surface area contributed by atoms with Gasteiger partial charge in [-0.15, -0.1) is 5.10 Å². The molecule has 0 aliphatic carbocycles. The predicted molar refractivity (Wildman–Crippen MR) is 62.8 cm³/mol. The van der Waals surface area contributed by atoms with Crippen LogP contribution in [0.25, 0.3) is 0 Å². The summed E-state index contributed by atoms with van der Waals surface area (Å²) < 4.78 is 0. The van der Waals surface area contributed by atoms with Crippen LogP contribution in [-0.4, -0.2) is 42.1 Å². The molecule has 0 unspecified atom stereocenters. The van der Waals surface area contributed by atoms with Crippen molar-refractivity contribution in [1.82, 2.24) is 25.1 Å². The van der Waals surface area contributed by atoms with Gasteiger partial charge in [-0.3, -0.25) is 10.1 Å². The average Bonchev–Trinajstić information content (AvgIpc) is 2.83. The highest BCUT2D eigenvalue weighted by molar-refractivity contribution is 6.07. The summed E-state index contributed by atoms with van der Waals surface area (Å²) in [5, 5.41) is 18.7. The van der Waals surface area contributed by atoms with Crippen LogP contribution in [0, 0.1) is 13.8 Å². The quantitative estimate of drug-likeness (QED) is 0.717. The van der Waals surface area contributed by atoms with Gasteiger partial charge in [0.1, 0.15) is 0 Å². The number of carboxylic acid groups (broad SMARTS) is 1. The molecule has 0 aliphatic heterocycles. The van der Waals surface area contributed by atoms with E-state index < -0.39 is 11.9 Å². The van der Waals surface area contributed by atoms with E-state index in [0.29, 0.717) is 11.4 Å². The van der Waals surface area contributed by atoms with Gasteiger partial charge in [0.15, 0.2) is 11.4 Å². The first-order valence-electron chi connectivity index (χ1n) is 5.25. The Kier molecular flexibility index (Phi) is 3.19. The number of carbonyl (C=O) groups is 2. The van der Waals surface area contributed by atoms with Gasteiger partial charge in [-0.05, 0) is 13.8 Å². The molecular weight excluding hydrogens is 252 g/mol. The fourth-order valence-electron chi connectivity index (χ4n) is 1.30. The molecule has 98 valence electrons. The smallest absolute Gasteiger partial charge is 0.354 e. The lowest BCUT2D eigenvalue weighted by Crippen LogP contribution is -2.19. The molecule has 0 aliphatic rings. The van der Waals surface area contributed by atoms with Crippen molar-refractivity contribution in [3.05, 3.63) is 29.1 Å². The monoisotopic (exact) mass is 262 g/mol. The second-order valence-corrected chi connectivity index (χ2v) is 3.69. The van der Waals surface area contributed by atoms with Crippen LogP contribution in [-0.2, 0) is 0 Å². The minimum atomic E-state index is -1.28. The molecule has 0 saturated carbocycles. The van der Waals surface area contributed by atoms with Gasteiger partial charge in [0.25, 0.3) is 5.91 Å². The highest BCUT2D eigenvalue weighted by atomic mass is 16.4. The zero-order valence-electron chi connectivity index (χ0n) is 10.1. The molecule has 1 amide bonds. The molecule has 2 aromatic heterocycles. The van der Waals surface area contributed by atoms with E-state index in [1.54, 1.807) is 13.8 Å². The Morgan fingerprint density at radius 1 is 1.26 bits per heavy atom. The average molecular weight is 262 g/mol. The molecule has 0 bridgehead atoms. The Morgan fingerprint density at radius 2 is 2.00 bits per heavy atom. The number of carbonyl (C=O) groups excluding carboxylic acids is 1. The number of nitrogens with one attached hydrogen (secondary N) is 2. The Morgan fingerprint density at radius 3 is 2.63 bits per heavy atom. The maximum atomic E-state index is 11.8. The number of imidazole rings is 1. The van der Waals surface area contributed by atoms with E-state index in [1.807, 2.05) is 0 Å². The third-order valence-electron chi connectivity index (χ3n) is 2.39. The number of amides is 1. The summed E-state index contributed by atoms with van der Waals surface area (Å²) in [5.74, 6) is -2.00. The van der Waals surface area contributed by atoms with Crippen LogP contribution in [0.5, 0.6) is 0 Å². The lowest BCUT2D eigenvalue weighted by Gasteiger charge is -2.03. The molecule has 19 heavy (non-hydrogen) atoms. The van der Waals surface area contributed by atoms with E-state index in [1.165, 1.54) is 0 Å². The summed E-state index contributed by atoms with van der Waals surface area (Å²) in [7, 11) is 0. The second-order valence-electron chi connectivity index (χ2n) is 3.69. The number of rotatable bonds is 3. The van der Waals surface area contributed by atoms with E-state index >= 15 is 0 Å². The molecule has 0 atom stereocenters. The zero-order chi connectivity index (χ0) is 14.0. The van der Waals surface area contributed by atoms with Crippen molar-refractivity contribution in [2.75, 3.05) is 5.32 Å². The van der Waals surface area contributed by atoms with Crippen molar-refractivity contribution in [1.29, 1.82) is 0 Å². The van der Waals surface area contributed by atoms with Crippen LogP contribution < -0.4 is 5.32 Å². The summed E-state index contributed by atoms with van der Waals surface area (Å²) in [6.45, 7) is 3.45. The number of carboxylic acids is 1. The first kappa shape index (κ1) is 12.6. The number of aryl methyl sites for hydroxylation is 2. The Labute approximate surface area is 107 Å². The Balaban J connectivity index is 2.23. The summed E-state index contributed by atoms with van der Waals surface area (Å²) in [6, 6.07) is 0. The first-order valence-corrected chi connectivity index (χ1v) is 5.25. The van der Waals surface area contributed by atoms with Crippen molar-refractivity contribution in [3.8, 4) is 0 Å². The summed E-state index contributed by atoms with van der Waals surface area (Å²) in [5.41, 5.74) is 0.721. The molecule has 0 saturated heterocycles. The number of hydrogen-bond donors (Lipinski definition) is 3. The van der Waals surface area contributed by atoms with Crippen LogP contribution in [0.1, 0.15) is 32.4 Å². The Hall–Kier alpha value is -2.84. The van der Waals surface area contributed by atoms with E-state index in [0.717, 1.165) is 6.33 Å². The molecule has 0 aromatic carbocycles. The fraction of sp³-hybridized carbons (Fsp3) is 0.200. The topological polar surface area (TPSA) is 134 Å². The summed E-state index contributed by atoms with van der Waals surface area (Å²) >= 11 is 0. The number of nitrogens with zero attached hydrogens (tertiary/aromatic N) is 4. The van der Waals surface area contributed by atoms with Crippen LogP contribution in [0.3, 0.4) is 0 Å². The van der Waals surface area contributed by atoms with Gasteiger partial charge in [-0.1, -0.05) is 0 Å². The number of anilines is 1. The largest absolute Gasteiger partial charge is 0.477 e. The molecule has 0 radical (unpaired) electrons. The SMILES string of the molecule is Cc1nnc(NC(=O)c2nc[nH]c2C(=O)O)nc1C. The van der Waals surface area contributed by atoms with Gasteiger partial charge < -0.3 is 10.1 Å². The van der Waals surface area contributed by atoms with Crippen molar-refractivity contribution >= 4 is 17.8 Å². The molecule has 3 N–H and O–H groups in total. The molecule has 9 heteroatoms. The second kappa shape index (κ2) is 4.80. The predicted octanol–water partition coefficient (Wildman–Crippen LogP) is 0.162. The molecule has 9 nitrogen and oxygen atoms in total. The van der Waals surface area contributed by atoms with Gasteiger partial charge in [0, 0.05) is 0 Å². The molecule has 2 rings (SSSR count). The van der Waals surface area contributed by atoms with E-state index in [4.69, 9.17) is 5.11 Å². The lowest BCUT2D eigenvalue weighted by molar-refractivity contribution is 0.0686. The normalized spacial score (nSPS) is 10.2. The van der Waals surface area contributed by atoms with Crippen molar-refractivity contribution < 1.29 is 14.7 Å². The number of H-pyrrole nitrogens is 1. The van der Waals surface area contributed by atoms with Crippen LogP contribution >= 0.6 is 0 Å². The Bertz CT molecular complexity index is 650. The van der Waals surface area contributed by atoms with Gasteiger partial charge in [0.05, 0.1) is 17.7 Å². The molecule has 2 aromatic rings. The molecular formula is C10H10N6O3. The highest BCUT2D eigenvalue weighted by Crippen LogP contribution is 2.07. The molecule has 0 fully saturated rings. The molecule has 0 spiro atoms. The van der Waals surface area contributed by atoms with E-state index in [2.05, 4.69) is 30.5 Å². The van der Waals surface area contributed by atoms with Crippen molar-refractivity contribution in [2.45, 2.75) is 13.8 Å².